The first-order chi connectivity index (χ1) is 8.14. The number of nitrogens with zero attached hydrogens (tertiary/aromatic N) is 1. The van der Waals surface area contributed by atoms with Gasteiger partial charge in [0.1, 0.15) is 0 Å². The Kier molecular flexibility index (Phi) is 6.45. The molecule has 0 saturated heterocycles. The smallest absolute Gasteiger partial charge is 0.0478 e. The van der Waals surface area contributed by atoms with E-state index in [-0.39, 0.29) is 5.54 Å². The van der Waals surface area contributed by atoms with Crippen molar-refractivity contribution in [3.63, 3.8) is 0 Å². The Balaban J connectivity index is 2.37. The van der Waals surface area contributed by atoms with Crippen LogP contribution in [0.2, 0.25) is 0 Å². The molecule has 0 spiro atoms. The van der Waals surface area contributed by atoms with Crippen molar-refractivity contribution in [2.24, 2.45) is 11.7 Å². The lowest BCUT2D eigenvalue weighted by atomic mass is 9.76. The molecule has 0 aromatic rings. The maximum Gasteiger partial charge on any atom is 0.0478 e. The molecule has 0 heterocycles. The molecule has 1 saturated carbocycles. The number of hydrogen-bond donors (Lipinski definition) is 1. The summed E-state index contributed by atoms with van der Waals surface area (Å²) in [4.78, 5) is 2.48. The second kappa shape index (κ2) is 7.34. The molecule has 0 bridgehead atoms. The zero-order valence-corrected chi connectivity index (χ0v) is 11.9. The Morgan fingerprint density at radius 2 is 2.00 bits per heavy atom. The van der Waals surface area contributed by atoms with Gasteiger partial charge in [-0.05, 0) is 52.0 Å². The molecule has 1 rings (SSSR count). The largest absolute Gasteiger partial charge is 0.382 e. The van der Waals surface area contributed by atoms with Crippen molar-refractivity contribution >= 4 is 0 Å². The van der Waals surface area contributed by atoms with Crippen LogP contribution in [0.1, 0.15) is 46.0 Å². The van der Waals surface area contributed by atoms with Crippen LogP contribution in [0.15, 0.2) is 0 Å². The van der Waals surface area contributed by atoms with Gasteiger partial charge in [0.25, 0.3) is 0 Å². The summed E-state index contributed by atoms with van der Waals surface area (Å²) in [6.07, 6.45) is 6.28. The maximum atomic E-state index is 6.04. The molecule has 3 nitrogen and oxygen atoms in total. The van der Waals surface area contributed by atoms with E-state index >= 15 is 0 Å². The first kappa shape index (κ1) is 14.9. The van der Waals surface area contributed by atoms with Crippen molar-refractivity contribution in [1.82, 2.24) is 4.90 Å². The zero-order valence-electron chi connectivity index (χ0n) is 11.9. The summed E-state index contributed by atoms with van der Waals surface area (Å²) < 4.78 is 5.40. The van der Waals surface area contributed by atoms with Crippen LogP contribution in [0.25, 0.3) is 0 Å². The van der Waals surface area contributed by atoms with Crippen LogP contribution >= 0.6 is 0 Å². The Morgan fingerprint density at radius 1 is 1.35 bits per heavy atom. The Bertz CT molecular complexity index is 200. The van der Waals surface area contributed by atoms with E-state index in [0.717, 1.165) is 38.6 Å². The van der Waals surface area contributed by atoms with Crippen molar-refractivity contribution in [1.29, 1.82) is 0 Å². The molecule has 0 aromatic carbocycles. The van der Waals surface area contributed by atoms with Crippen molar-refractivity contribution in [2.45, 2.75) is 51.5 Å². The van der Waals surface area contributed by atoms with Crippen molar-refractivity contribution in [3.8, 4) is 0 Å². The maximum absolute atomic E-state index is 6.04. The summed E-state index contributed by atoms with van der Waals surface area (Å²) >= 11 is 0. The highest BCUT2D eigenvalue weighted by atomic mass is 16.5. The molecule has 2 N–H and O–H groups in total. The quantitative estimate of drug-likeness (QED) is 0.696. The normalized spacial score (nSPS) is 29.8. The summed E-state index contributed by atoms with van der Waals surface area (Å²) in [5, 5.41) is 0. The standard InChI is InChI=1S/C14H30N2O/c1-4-17-11-5-10-16(3)14(12-15)8-6-13(2)7-9-14/h13H,4-12,15H2,1-3H3. The lowest BCUT2D eigenvalue weighted by Crippen LogP contribution is -2.54. The Hall–Kier alpha value is -0.120. The van der Waals surface area contributed by atoms with E-state index in [1.807, 2.05) is 6.92 Å². The van der Waals surface area contributed by atoms with Gasteiger partial charge in [0.05, 0.1) is 0 Å². The number of ether oxygens (including phenoxy) is 1. The van der Waals surface area contributed by atoms with Gasteiger partial charge in [-0.25, -0.2) is 0 Å². The van der Waals surface area contributed by atoms with Gasteiger partial charge in [-0.15, -0.1) is 0 Å². The van der Waals surface area contributed by atoms with Gasteiger partial charge < -0.3 is 10.5 Å². The van der Waals surface area contributed by atoms with Gasteiger partial charge in [0, 0.05) is 31.8 Å². The van der Waals surface area contributed by atoms with Crippen LogP contribution in [0, 0.1) is 5.92 Å². The monoisotopic (exact) mass is 242 g/mol. The summed E-state index contributed by atoms with van der Waals surface area (Å²) in [6, 6.07) is 0. The zero-order chi connectivity index (χ0) is 12.7. The van der Waals surface area contributed by atoms with Crippen LogP contribution in [-0.2, 0) is 4.74 Å². The number of hydrogen-bond acceptors (Lipinski definition) is 3. The fraction of sp³-hybridized carbons (Fsp3) is 1.00. The Morgan fingerprint density at radius 3 is 2.53 bits per heavy atom. The van der Waals surface area contributed by atoms with Crippen LogP contribution in [0.3, 0.4) is 0 Å². The molecule has 0 unspecified atom stereocenters. The summed E-state index contributed by atoms with van der Waals surface area (Å²) in [5.74, 6) is 0.881. The minimum absolute atomic E-state index is 0.263. The van der Waals surface area contributed by atoms with Crippen LogP contribution in [-0.4, -0.2) is 43.8 Å². The topological polar surface area (TPSA) is 38.5 Å². The molecule has 0 radical (unpaired) electrons. The average Bonchev–Trinajstić information content (AvgIpc) is 2.36. The predicted octanol–water partition coefficient (Wildman–Crippen LogP) is 2.25. The van der Waals surface area contributed by atoms with Crippen LogP contribution in [0.4, 0.5) is 0 Å². The summed E-state index contributed by atoms with van der Waals surface area (Å²) in [7, 11) is 2.23. The van der Waals surface area contributed by atoms with E-state index in [9.17, 15) is 0 Å². The fourth-order valence-corrected chi connectivity index (χ4v) is 2.83. The van der Waals surface area contributed by atoms with Gasteiger partial charge in [-0.2, -0.15) is 0 Å². The van der Waals surface area contributed by atoms with Crippen molar-refractivity contribution < 1.29 is 4.74 Å². The van der Waals surface area contributed by atoms with E-state index in [0.29, 0.717) is 0 Å². The van der Waals surface area contributed by atoms with Crippen molar-refractivity contribution in [3.05, 3.63) is 0 Å². The minimum Gasteiger partial charge on any atom is -0.382 e. The molecule has 3 heteroatoms. The van der Waals surface area contributed by atoms with E-state index in [1.54, 1.807) is 0 Å². The molecule has 0 atom stereocenters. The molecular formula is C14H30N2O. The first-order valence-electron chi connectivity index (χ1n) is 7.13. The van der Waals surface area contributed by atoms with Gasteiger partial charge in [0.15, 0.2) is 0 Å². The minimum atomic E-state index is 0.263. The summed E-state index contributed by atoms with van der Waals surface area (Å²) in [5.41, 5.74) is 6.30. The number of likely N-dealkylation sites (N-methyl/N-ethyl adjacent to an activating group) is 1. The lowest BCUT2D eigenvalue weighted by molar-refractivity contribution is 0.0556. The van der Waals surface area contributed by atoms with E-state index in [1.165, 1.54) is 25.7 Å². The molecular weight excluding hydrogens is 212 g/mol. The third-order valence-corrected chi connectivity index (χ3v) is 4.38. The summed E-state index contributed by atoms with van der Waals surface area (Å²) in [6.45, 7) is 8.00. The number of rotatable bonds is 7. The molecule has 17 heavy (non-hydrogen) atoms. The van der Waals surface area contributed by atoms with Crippen molar-refractivity contribution in [2.75, 3.05) is 33.4 Å². The van der Waals surface area contributed by atoms with Crippen LogP contribution in [0.5, 0.6) is 0 Å². The molecule has 0 aromatic heterocycles. The highest BCUT2D eigenvalue weighted by molar-refractivity contribution is 4.94. The van der Waals surface area contributed by atoms with Gasteiger partial charge >= 0.3 is 0 Å². The van der Waals surface area contributed by atoms with E-state index in [2.05, 4.69) is 18.9 Å². The molecule has 1 aliphatic carbocycles. The molecule has 1 aliphatic rings. The van der Waals surface area contributed by atoms with Gasteiger partial charge in [-0.3, -0.25) is 4.90 Å². The third-order valence-electron chi connectivity index (χ3n) is 4.38. The molecule has 102 valence electrons. The van der Waals surface area contributed by atoms with E-state index in [4.69, 9.17) is 10.5 Å². The third kappa shape index (κ3) is 4.23. The van der Waals surface area contributed by atoms with Gasteiger partial charge in [0.2, 0.25) is 0 Å². The number of nitrogens with two attached hydrogens (primary N) is 1. The Labute approximate surface area is 107 Å². The molecule has 0 aliphatic heterocycles. The SMILES string of the molecule is CCOCCCN(C)C1(CN)CCC(C)CC1. The lowest BCUT2D eigenvalue weighted by Gasteiger charge is -2.45. The predicted molar refractivity (Wildman–Crippen MR) is 73.2 cm³/mol. The molecule has 0 amide bonds. The first-order valence-corrected chi connectivity index (χ1v) is 7.13. The second-order valence-electron chi connectivity index (χ2n) is 5.58. The second-order valence-corrected chi connectivity index (χ2v) is 5.58. The average molecular weight is 242 g/mol. The highest BCUT2D eigenvalue weighted by Crippen LogP contribution is 2.35. The highest BCUT2D eigenvalue weighted by Gasteiger charge is 2.36. The molecule has 1 fully saturated rings. The fourth-order valence-electron chi connectivity index (χ4n) is 2.83. The van der Waals surface area contributed by atoms with Crippen LogP contribution < -0.4 is 5.73 Å². The van der Waals surface area contributed by atoms with Gasteiger partial charge in [-0.1, -0.05) is 6.92 Å². The van der Waals surface area contributed by atoms with E-state index < -0.39 is 0 Å².